The number of nitrogens with zero attached hydrogens (tertiary/aromatic N) is 4. The summed E-state index contributed by atoms with van der Waals surface area (Å²) in [5.74, 6) is -0.787. The van der Waals surface area contributed by atoms with Crippen molar-refractivity contribution in [3.63, 3.8) is 0 Å². The second-order valence-electron chi connectivity index (χ2n) is 9.27. The number of methoxy groups -OCH3 is 1. The van der Waals surface area contributed by atoms with Crippen molar-refractivity contribution in [2.24, 2.45) is 0 Å². The van der Waals surface area contributed by atoms with E-state index in [0.29, 0.717) is 0 Å². The van der Waals surface area contributed by atoms with Gasteiger partial charge in [-0.25, -0.2) is 13.9 Å². The summed E-state index contributed by atoms with van der Waals surface area (Å²) in [4.78, 5) is 24.5. The predicted molar refractivity (Wildman–Crippen MR) is 143 cm³/mol. The Kier molecular flexibility index (Phi) is 9.69. The Balaban J connectivity index is 1.86. The van der Waals surface area contributed by atoms with Gasteiger partial charge in [-0.2, -0.15) is 15.1 Å². The van der Waals surface area contributed by atoms with Crippen LogP contribution in [0.15, 0.2) is 43.5 Å². The lowest BCUT2D eigenvalue weighted by atomic mass is 9.98. The highest BCUT2D eigenvalue weighted by Crippen LogP contribution is 2.49. The predicted octanol–water partition coefficient (Wildman–Crippen LogP) is 2.73. The molecule has 6 unspecified atom stereocenters. The Morgan fingerprint density at radius 3 is 2.70 bits per heavy atom. The molecule has 14 nitrogen and oxygen atoms in total. The fraction of sp³-hybridized carbons (Fsp3) is 0.500. The maximum absolute atomic E-state index is 15.9. The smallest absolute Gasteiger partial charge is 0.459 e. The molecule has 2 aromatic heterocycles. The molecule has 0 saturated carbocycles. The Labute approximate surface area is 230 Å². The fourth-order valence-corrected chi connectivity index (χ4v) is 5.36. The zero-order chi connectivity index (χ0) is 29.8. The maximum Gasteiger partial charge on any atom is 0.459 e. The molecule has 6 atom stereocenters. The molecule has 40 heavy (non-hydrogen) atoms. The number of fused-ring (bicyclic) bond motifs is 1. The molecule has 0 amide bonds. The van der Waals surface area contributed by atoms with Gasteiger partial charge in [0.15, 0.2) is 23.1 Å². The van der Waals surface area contributed by atoms with Gasteiger partial charge in [0, 0.05) is 0 Å². The van der Waals surface area contributed by atoms with Gasteiger partial charge < -0.3 is 29.6 Å². The van der Waals surface area contributed by atoms with Crippen molar-refractivity contribution < 1.29 is 42.1 Å². The normalized spacial score (nSPS) is 25.4. The zero-order valence-electron chi connectivity index (χ0n) is 22.8. The number of aromatic nitrogens is 4. The summed E-state index contributed by atoms with van der Waals surface area (Å²) in [6.07, 6.45) is 0.249. The van der Waals surface area contributed by atoms with Crippen molar-refractivity contribution in [3.8, 4) is 5.88 Å². The van der Waals surface area contributed by atoms with Crippen molar-refractivity contribution in [3.05, 3.63) is 43.5 Å². The van der Waals surface area contributed by atoms with E-state index in [9.17, 15) is 14.5 Å². The maximum atomic E-state index is 15.9. The highest BCUT2D eigenvalue weighted by Gasteiger charge is 2.56. The number of allylic oxidation sites excluding steroid dienone is 3. The molecule has 3 heterocycles. The lowest BCUT2D eigenvalue weighted by Gasteiger charge is -2.25. The Morgan fingerprint density at radius 2 is 2.10 bits per heavy atom. The van der Waals surface area contributed by atoms with Gasteiger partial charge in [-0.3, -0.25) is 13.9 Å². The van der Waals surface area contributed by atoms with Gasteiger partial charge in [0.2, 0.25) is 11.8 Å². The van der Waals surface area contributed by atoms with E-state index in [1.165, 1.54) is 43.2 Å². The number of ether oxygens (including phenoxy) is 3. The van der Waals surface area contributed by atoms with Crippen molar-refractivity contribution in [2.75, 3.05) is 19.5 Å². The first-order valence-electron chi connectivity index (χ1n) is 12.2. The number of alkyl halides is 1. The van der Waals surface area contributed by atoms with Crippen LogP contribution in [-0.2, 0) is 27.9 Å². The van der Waals surface area contributed by atoms with Crippen LogP contribution in [-0.4, -0.2) is 74.3 Å². The molecule has 0 bridgehead atoms. The van der Waals surface area contributed by atoms with E-state index in [4.69, 9.17) is 29.0 Å². The van der Waals surface area contributed by atoms with Gasteiger partial charge in [-0.1, -0.05) is 19.2 Å². The fourth-order valence-electron chi connectivity index (χ4n) is 3.85. The number of hydrogen-bond donors (Lipinski definition) is 3. The third kappa shape index (κ3) is 6.67. The third-order valence-corrected chi connectivity index (χ3v) is 7.39. The highest BCUT2D eigenvalue weighted by atomic mass is 31.2. The average Bonchev–Trinajstić information content (AvgIpc) is 3.39. The number of aliphatic hydroxyl groups is 1. The monoisotopic (exact) mass is 584 g/mol. The van der Waals surface area contributed by atoms with E-state index >= 15 is 4.39 Å². The molecule has 0 aliphatic carbocycles. The van der Waals surface area contributed by atoms with Gasteiger partial charge in [0.1, 0.15) is 24.0 Å². The van der Waals surface area contributed by atoms with E-state index in [1.54, 1.807) is 13.8 Å². The molecule has 1 aliphatic rings. The number of imidazole rings is 1. The molecule has 0 radical (unpaired) electrons. The summed E-state index contributed by atoms with van der Waals surface area (Å²) in [7, 11) is -2.99. The summed E-state index contributed by atoms with van der Waals surface area (Å²) in [5.41, 5.74) is 3.66. The van der Waals surface area contributed by atoms with Crippen LogP contribution in [0.2, 0.25) is 0 Å². The van der Waals surface area contributed by atoms with Crippen molar-refractivity contribution in [1.82, 2.24) is 24.6 Å². The highest BCUT2D eigenvalue weighted by molar-refractivity contribution is 7.51. The summed E-state index contributed by atoms with van der Waals surface area (Å²) in [6.45, 7) is 12.3. The van der Waals surface area contributed by atoms with Crippen LogP contribution in [0.25, 0.3) is 11.2 Å². The third-order valence-electron chi connectivity index (χ3n) is 5.74. The van der Waals surface area contributed by atoms with Gasteiger partial charge in [-0.15, -0.1) is 0 Å². The number of nitrogen functional groups attached to an aromatic ring is 1. The molecule has 16 heteroatoms. The molecular weight excluding hydrogens is 550 g/mol. The quantitative estimate of drug-likeness (QED) is 0.135. The lowest BCUT2D eigenvalue weighted by molar-refractivity contribution is -0.149. The minimum atomic E-state index is -4.36. The summed E-state index contributed by atoms with van der Waals surface area (Å²) in [5, 5.41) is 13.3. The number of hydrogen-bond acceptors (Lipinski definition) is 12. The Bertz CT molecular complexity index is 1330. The number of carbonyl (C=O) groups excluding carboxylic acids is 1. The van der Waals surface area contributed by atoms with Crippen LogP contribution in [0.3, 0.4) is 0 Å². The first-order valence-corrected chi connectivity index (χ1v) is 13.7. The van der Waals surface area contributed by atoms with Crippen LogP contribution >= 0.6 is 7.75 Å². The summed E-state index contributed by atoms with van der Waals surface area (Å²) >= 11 is 0. The standard InChI is InChI=1S/C24H34FN6O8P/c1-8-10-15(9-2)39-40(34,30-14(5)21(33)37-13(3)4)36-11-16-18(32)24(6,25)22(38-16)31-12-27-17-19(31)28-23(26)29-20(17)35-7/h8-10,12-14,16,18,22,32H,1-2,11H2,3-7H3,(H,30,34)(H2,26,28,29). The molecular formula is C24H34FN6O8P. The molecule has 4 N–H and O–H groups in total. The molecule has 220 valence electrons. The second-order valence-corrected chi connectivity index (χ2v) is 11.0. The molecule has 3 rings (SSSR count). The van der Waals surface area contributed by atoms with Crippen molar-refractivity contribution in [1.29, 1.82) is 0 Å². The van der Waals surface area contributed by atoms with Crippen LogP contribution in [0.4, 0.5) is 10.3 Å². The zero-order valence-corrected chi connectivity index (χ0v) is 23.7. The van der Waals surface area contributed by atoms with E-state index in [2.05, 4.69) is 33.2 Å². The molecule has 1 aliphatic heterocycles. The minimum absolute atomic E-state index is 0.00691. The number of rotatable bonds is 13. The SMILES string of the molecule is C=CC=C(C=C)OP(=O)(NC(C)C(=O)OC(C)C)OCC1OC(n2cnc3c(OC)nc(N)nc32)C(C)(F)C1O. The largest absolute Gasteiger partial charge is 0.479 e. The molecule has 1 saturated heterocycles. The number of halogens is 1. The van der Waals surface area contributed by atoms with E-state index in [0.717, 1.165) is 6.92 Å². The topological polar surface area (TPSA) is 182 Å². The molecule has 0 spiro atoms. The lowest BCUT2D eigenvalue weighted by Crippen LogP contribution is -2.41. The van der Waals surface area contributed by atoms with Crippen LogP contribution in [0, 0.1) is 0 Å². The van der Waals surface area contributed by atoms with Crippen LogP contribution in [0.5, 0.6) is 5.88 Å². The van der Waals surface area contributed by atoms with E-state index < -0.39 is 56.6 Å². The van der Waals surface area contributed by atoms with Crippen molar-refractivity contribution in [2.45, 2.75) is 63.9 Å². The summed E-state index contributed by atoms with van der Waals surface area (Å²) < 4.78 is 58.0. The van der Waals surface area contributed by atoms with Gasteiger partial charge in [0.05, 0.1) is 26.1 Å². The Hall–Kier alpha value is -3.36. The second kappa shape index (κ2) is 12.4. The molecule has 1 fully saturated rings. The van der Waals surface area contributed by atoms with Gasteiger partial charge in [0.25, 0.3) is 0 Å². The number of nitrogens with two attached hydrogens (primary N) is 1. The first-order chi connectivity index (χ1) is 18.8. The van der Waals surface area contributed by atoms with Gasteiger partial charge >= 0.3 is 13.7 Å². The first kappa shape index (κ1) is 31.2. The number of anilines is 1. The number of carbonyl (C=O) groups is 1. The number of aliphatic hydroxyl groups excluding tert-OH is 1. The minimum Gasteiger partial charge on any atom is -0.479 e. The number of esters is 1. The average molecular weight is 585 g/mol. The van der Waals surface area contributed by atoms with Gasteiger partial charge in [-0.05, 0) is 39.8 Å². The number of nitrogens with one attached hydrogen (secondary N) is 1. The van der Waals surface area contributed by atoms with E-state index in [1.807, 2.05) is 0 Å². The Morgan fingerprint density at radius 1 is 1.40 bits per heavy atom. The van der Waals surface area contributed by atoms with E-state index in [-0.39, 0.29) is 28.8 Å². The molecule has 2 aromatic rings. The van der Waals surface area contributed by atoms with Crippen LogP contribution in [0.1, 0.15) is 33.9 Å². The van der Waals surface area contributed by atoms with Crippen molar-refractivity contribution >= 4 is 30.8 Å². The molecule has 0 aromatic carbocycles. The summed E-state index contributed by atoms with van der Waals surface area (Å²) in [6, 6.07) is -1.13. The van der Waals surface area contributed by atoms with Crippen LogP contribution < -0.4 is 15.6 Å².